The number of nitrogens with one attached hydrogen (secondary N) is 1. The Morgan fingerprint density at radius 3 is 2.89 bits per heavy atom. The maximum atomic E-state index is 9.42. The Bertz CT molecular complexity index is 516. The number of hydrogen-bond donors (Lipinski definition) is 1. The van der Waals surface area contributed by atoms with Crippen LogP contribution in [0.3, 0.4) is 0 Å². The van der Waals surface area contributed by atoms with Crippen molar-refractivity contribution in [2.45, 2.75) is 32.7 Å². The number of benzene rings is 1. The normalized spacial score (nSPS) is 24.2. The number of allylic oxidation sites excluding steroid dienone is 2. The van der Waals surface area contributed by atoms with E-state index in [-0.39, 0.29) is 6.04 Å². The van der Waals surface area contributed by atoms with E-state index in [4.69, 9.17) is 11.6 Å². The van der Waals surface area contributed by atoms with Gasteiger partial charge in [0.15, 0.2) is 0 Å². The first kappa shape index (κ1) is 14.0. The lowest BCUT2D eigenvalue weighted by Gasteiger charge is -2.29. The van der Waals surface area contributed by atoms with Gasteiger partial charge >= 0.3 is 0 Å². The average Bonchev–Trinajstić information content (AvgIpc) is 2.34. The van der Waals surface area contributed by atoms with Crippen LogP contribution < -0.4 is 5.32 Å². The second kappa shape index (κ2) is 6.12. The van der Waals surface area contributed by atoms with Crippen LogP contribution in [0.15, 0.2) is 35.9 Å². The Balaban J connectivity index is 2.09. The van der Waals surface area contributed by atoms with E-state index in [2.05, 4.69) is 31.3 Å². The molecule has 2 nitrogen and oxygen atoms in total. The Hall–Kier alpha value is -1.46. The summed E-state index contributed by atoms with van der Waals surface area (Å²) in [5.41, 5.74) is 2.30. The van der Waals surface area contributed by atoms with Crippen LogP contribution in [-0.4, -0.2) is 6.04 Å². The zero-order valence-electron chi connectivity index (χ0n) is 11.4. The van der Waals surface area contributed by atoms with Gasteiger partial charge in [0.2, 0.25) is 0 Å². The zero-order valence-corrected chi connectivity index (χ0v) is 12.1. The Morgan fingerprint density at radius 1 is 1.47 bits per heavy atom. The summed E-state index contributed by atoms with van der Waals surface area (Å²) in [6, 6.07) is 9.78. The predicted octanol–water partition coefficient (Wildman–Crippen LogP) is 4.64. The van der Waals surface area contributed by atoms with E-state index in [1.165, 1.54) is 5.57 Å². The molecule has 1 aliphatic rings. The van der Waals surface area contributed by atoms with Crippen molar-refractivity contribution in [3.05, 3.63) is 40.9 Å². The van der Waals surface area contributed by atoms with Crippen molar-refractivity contribution in [2.75, 3.05) is 5.32 Å². The summed E-state index contributed by atoms with van der Waals surface area (Å²) >= 11 is 5.97. The molecule has 19 heavy (non-hydrogen) atoms. The van der Waals surface area contributed by atoms with Gasteiger partial charge in [-0.25, -0.2) is 0 Å². The lowest BCUT2D eigenvalue weighted by molar-refractivity contribution is 0.388. The van der Waals surface area contributed by atoms with Crippen molar-refractivity contribution in [1.29, 1.82) is 5.26 Å². The first-order chi connectivity index (χ1) is 9.08. The third kappa shape index (κ3) is 3.75. The van der Waals surface area contributed by atoms with Crippen molar-refractivity contribution in [2.24, 2.45) is 11.8 Å². The summed E-state index contributed by atoms with van der Waals surface area (Å²) in [5, 5.41) is 13.4. The Kier molecular flexibility index (Phi) is 4.50. The minimum Gasteiger partial charge on any atom is -0.370 e. The molecule has 0 aliphatic heterocycles. The van der Waals surface area contributed by atoms with E-state index in [1.54, 1.807) is 0 Å². The van der Waals surface area contributed by atoms with Gasteiger partial charge in [-0.15, -0.1) is 0 Å². The first-order valence-corrected chi connectivity index (χ1v) is 7.05. The van der Waals surface area contributed by atoms with Gasteiger partial charge in [0.25, 0.3) is 0 Å². The molecule has 2 rings (SSSR count). The van der Waals surface area contributed by atoms with Gasteiger partial charge < -0.3 is 5.32 Å². The van der Waals surface area contributed by atoms with Gasteiger partial charge in [0.1, 0.15) is 6.04 Å². The van der Waals surface area contributed by atoms with Gasteiger partial charge in [-0.3, -0.25) is 0 Å². The summed E-state index contributed by atoms with van der Waals surface area (Å²) < 4.78 is 0. The molecule has 1 aromatic rings. The fourth-order valence-corrected chi connectivity index (χ4v) is 3.05. The molecule has 0 radical (unpaired) electrons. The molecule has 1 N–H and O–H groups in total. The molecule has 3 heteroatoms. The van der Waals surface area contributed by atoms with Gasteiger partial charge in [-0.05, 0) is 49.8 Å². The van der Waals surface area contributed by atoms with Crippen molar-refractivity contribution >= 4 is 17.3 Å². The molecule has 100 valence electrons. The van der Waals surface area contributed by atoms with Crippen LogP contribution in [0.2, 0.25) is 5.02 Å². The third-order valence-corrected chi connectivity index (χ3v) is 3.82. The van der Waals surface area contributed by atoms with Crippen LogP contribution in [0.25, 0.3) is 0 Å². The number of rotatable bonds is 3. The molecule has 0 bridgehead atoms. The van der Waals surface area contributed by atoms with Crippen molar-refractivity contribution in [3.8, 4) is 6.07 Å². The molecular formula is C16H19ClN2. The highest BCUT2D eigenvalue weighted by molar-refractivity contribution is 6.30. The molecule has 1 aromatic carbocycles. The maximum absolute atomic E-state index is 9.42. The van der Waals surface area contributed by atoms with Gasteiger partial charge in [0.05, 0.1) is 6.07 Å². The highest BCUT2D eigenvalue weighted by Crippen LogP contribution is 2.31. The highest BCUT2D eigenvalue weighted by Gasteiger charge is 2.26. The highest BCUT2D eigenvalue weighted by atomic mass is 35.5. The molecule has 0 heterocycles. The van der Waals surface area contributed by atoms with Crippen LogP contribution >= 0.6 is 11.6 Å². The molecular weight excluding hydrogens is 256 g/mol. The smallest absolute Gasteiger partial charge is 0.117 e. The quantitative estimate of drug-likeness (QED) is 0.815. The second-order valence-electron chi connectivity index (χ2n) is 5.45. The van der Waals surface area contributed by atoms with Crippen molar-refractivity contribution in [3.63, 3.8) is 0 Å². The topological polar surface area (TPSA) is 35.8 Å². The Labute approximate surface area is 120 Å². The monoisotopic (exact) mass is 274 g/mol. The van der Waals surface area contributed by atoms with Crippen molar-refractivity contribution in [1.82, 2.24) is 0 Å². The van der Waals surface area contributed by atoms with E-state index < -0.39 is 0 Å². The molecule has 0 spiro atoms. The van der Waals surface area contributed by atoms with Crippen LogP contribution in [0.5, 0.6) is 0 Å². The fraction of sp³-hybridized carbons (Fsp3) is 0.438. The molecule has 0 amide bonds. The van der Waals surface area contributed by atoms with Gasteiger partial charge in [-0.1, -0.05) is 36.2 Å². The maximum Gasteiger partial charge on any atom is 0.117 e. The summed E-state index contributed by atoms with van der Waals surface area (Å²) in [5.74, 6) is 0.916. The van der Waals surface area contributed by atoms with E-state index in [0.29, 0.717) is 16.9 Å². The van der Waals surface area contributed by atoms with E-state index in [9.17, 15) is 5.26 Å². The molecule has 0 saturated heterocycles. The molecule has 0 saturated carbocycles. The third-order valence-electron chi connectivity index (χ3n) is 3.59. The summed E-state index contributed by atoms with van der Waals surface area (Å²) in [7, 11) is 0. The van der Waals surface area contributed by atoms with E-state index in [0.717, 1.165) is 18.5 Å². The van der Waals surface area contributed by atoms with Crippen LogP contribution in [-0.2, 0) is 0 Å². The van der Waals surface area contributed by atoms with E-state index >= 15 is 0 Å². The summed E-state index contributed by atoms with van der Waals surface area (Å²) in [4.78, 5) is 0. The zero-order chi connectivity index (χ0) is 13.8. The number of nitriles is 1. The fourth-order valence-electron chi connectivity index (χ4n) is 2.86. The van der Waals surface area contributed by atoms with Gasteiger partial charge in [0, 0.05) is 10.7 Å². The molecule has 3 unspecified atom stereocenters. The SMILES string of the molecule is CC1=CC(C)CC(C(C#N)Nc2cccc(Cl)c2)C1. The molecule has 1 aliphatic carbocycles. The summed E-state index contributed by atoms with van der Waals surface area (Å²) in [6.45, 7) is 4.36. The largest absolute Gasteiger partial charge is 0.370 e. The predicted molar refractivity (Wildman–Crippen MR) is 80.1 cm³/mol. The second-order valence-corrected chi connectivity index (χ2v) is 5.89. The first-order valence-electron chi connectivity index (χ1n) is 6.67. The van der Waals surface area contributed by atoms with Crippen LogP contribution in [0.4, 0.5) is 5.69 Å². The van der Waals surface area contributed by atoms with E-state index in [1.807, 2.05) is 24.3 Å². The summed E-state index contributed by atoms with van der Waals surface area (Å²) in [6.07, 6.45) is 4.36. The number of halogens is 1. The molecule has 0 fully saturated rings. The lowest BCUT2D eigenvalue weighted by atomic mass is 9.80. The number of hydrogen-bond acceptors (Lipinski definition) is 2. The number of anilines is 1. The Morgan fingerprint density at radius 2 is 2.26 bits per heavy atom. The minimum atomic E-state index is -0.162. The van der Waals surface area contributed by atoms with Crippen LogP contribution in [0, 0.1) is 23.2 Å². The minimum absolute atomic E-state index is 0.162. The molecule has 0 aromatic heterocycles. The van der Waals surface area contributed by atoms with Crippen molar-refractivity contribution < 1.29 is 0 Å². The van der Waals surface area contributed by atoms with Gasteiger partial charge in [-0.2, -0.15) is 5.26 Å². The average molecular weight is 275 g/mol. The standard InChI is InChI=1S/C16H19ClN2/c1-11-6-12(2)8-13(7-11)16(10-18)19-15-5-3-4-14(17)9-15/h3-6,9,11,13,16,19H,7-8H2,1-2H3. The number of nitrogens with zero attached hydrogens (tertiary/aromatic N) is 1. The lowest BCUT2D eigenvalue weighted by Crippen LogP contribution is -2.30. The molecule has 3 atom stereocenters. The van der Waals surface area contributed by atoms with Crippen LogP contribution in [0.1, 0.15) is 26.7 Å².